The number of carbonyl (C=O) groups excluding carboxylic acids is 2. The summed E-state index contributed by atoms with van der Waals surface area (Å²) in [6.45, 7) is 3.26. The summed E-state index contributed by atoms with van der Waals surface area (Å²) < 4.78 is 31.9. The van der Waals surface area contributed by atoms with Crippen LogP contribution in [0.4, 0.5) is 5.69 Å². The molecule has 10 heteroatoms. The summed E-state index contributed by atoms with van der Waals surface area (Å²) in [6.07, 6.45) is 1.28. The molecule has 3 rings (SSSR count). The lowest BCUT2D eigenvalue weighted by Gasteiger charge is -2.34. The molecule has 0 fully saturated rings. The van der Waals surface area contributed by atoms with Crippen molar-refractivity contribution in [1.29, 1.82) is 0 Å². The van der Waals surface area contributed by atoms with E-state index in [-0.39, 0.29) is 24.9 Å². The Morgan fingerprint density at radius 2 is 1.59 bits per heavy atom. The molecule has 0 heterocycles. The molecule has 0 saturated carbocycles. The van der Waals surface area contributed by atoms with E-state index in [1.807, 2.05) is 50.2 Å². The summed E-state index contributed by atoms with van der Waals surface area (Å²) in [6, 6.07) is 21.7. The fourth-order valence-corrected chi connectivity index (χ4v) is 5.10. The molecular formula is C29H34ClN3O5S. The van der Waals surface area contributed by atoms with Crippen LogP contribution in [0.2, 0.25) is 5.02 Å². The number of sulfonamides is 1. The highest BCUT2D eigenvalue weighted by Gasteiger charge is 2.33. The van der Waals surface area contributed by atoms with E-state index in [0.29, 0.717) is 16.5 Å². The van der Waals surface area contributed by atoms with Crippen molar-refractivity contribution in [3.63, 3.8) is 0 Å². The van der Waals surface area contributed by atoms with Crippen LogP contribution >= 0.6 is 11.6 Å². The summed E-state index contributed by atoms with van der Waals surface area (Å²) in [5.74, 6) is -0.259. The van der Waals surface area contributed by atoms with Gasteiger partial charge in [-0.15, -0.1) is 0 Å². The Labute approximate surface area is 235 Å². The third-order valence-electron chi connectivity index (χ3n) is 5.98. The van der Waals surface area contributed by atoms with E-state index in [1.165, 1.54) is 17.0 Å². The highest BCUT2D eigenvalue weighted by atomic mass is 35.5. The molecule has 1 N–H and O–H groups in total. The molecule has 0 spiro atoms. The Balaban J connectivity index is 2.06. The first kappa shape index (κ1) is 30.0. The summed E-state index contributed by atoms with van der Waals surface area (Å²) in [5.41, 5.74) is 1.89. The lowest BCUT2D eigenvalue weighted by atomic mass is 10.0. The summed E-state index contributed by atoms with van der Waals surface area (Å²) in [5, 5.41) is 3.36. The van der Waals surface area contributed by atoms with Crippen LogP contribution in [0, 0.1) is 0 Å². The second-order valence-electron chi connectivity index (χ2n) is 9.49. The maximum absolute atomic E-state index is 14.0. The minimum atomic E-state index is -3.84. The zero-order valence-electron chi connectivity index (χ0n) is 22.5. The van der Waals surface area contributed by atoms with Crippen molar-refractivity contribution in [1.82, 2.24) is 10.2 Å². The minimum Gasteiger partial charge on any atom is -0.497 e. The van der Waals surface area contributed by atoms with Gasteiger partial charge in [0.2, 0.25) is 21.8 Å². The van der Waals surface area contributed by atoms with E-state index >= 15 is 0 Å². The third kappa shape index (κ3) is 8.73. The number of nitrogens with zero attached hydrogens (tertiary/aromatic N) is 2. The molecule has 8 nitrogen and oxygen atoms in total. The lowest BCUT2D eigenvalue weighted by molar-refractivity contribution is -0.140. The first-order valence-electron chi connectivity index (χ1n) is 12.5. The number of benzene rings is 3. The molecule has 0 aromatic heterocycles. The molecule has 0 aliphatic carbocycles. The van der Waals surface area contributed by atoms with Gasteiger partial charge >= 0.3 is 0 Å². The Morgan fingerprint density at radius 1 is 0.949 bits per heavy atom. The molecule has 0 bridgehead atoms. The number of hydrogen-bond acceptors (Lipinski definition) is 5. The van der Waals surface area contributed by atoms with Gasteiger partial charge < -0.3 is 15.0 Å². The smallest absolute Gasteiger partial charge is 0.244 e. The fourth-order valence-electron chi connectivity index (χ4n) is 4.12. The predicted octanol–water partition coefficient (Wildman–Crippen LogP) is 4.28. The number of carbonyl (C=O) groups is 2. The molecule has 3 aromatic carbocycles. The van der Waals surface area contributed by atoms with Crippen molar-refractivity contribution in [2.24, 2.45) is 0 Å². The SMILES string of the molecule is COc1cccc(CN(C(=O)CN(c2ccc(Cl)cc2)S(C)(=O)=O)C(Cc2ccccc2)C(=O)NC(C)C)c1. The number of hydrogen-bond donors (Lipinski definition) is 1. The third-order valence-corrected chi connectivity index (χ3v) is 7.38. The summed E-state index contributed by atoms with van der Waals surface area (Å²) >= 11 is 6.00. The van der Waals surface area contributed by atoms with Gasteiger partial charge in [-0.1, -0.05) is 54.1 Å². The van der Waals surface area contributed by atoms with Crippen molar-refractivity contribution >= 4 is 39.1 Å². The second-order valence-corrected chi connectivity index (χ2v) is 11.8. The van der Waals surface area contributed by atoms with Crippen molar-refractivity contribution < 1.29 is 22.7 Å². The van der Waals surface area contributed by atoms with Gasteiger partial charge in [-0.25, -0.2) is 8.42 Å². The number of nitrogens with one attached hydrogen (secondary N) is 1. The molecule has 0 aliphatic heterocycles. The van der Waals surface area contributed by atoms with Crippen molar-refractivity contribution in [3.8, 4) is 5.75 Å². The highest BCUT2D eigenvalue weighted by molar-refractivity contribution is 7.92. The quantitative estimate of drug-likeness (QED) is 0.350. The Kier molecular flexibility index (Phi) is 10.4. The Bertz CT molecular complexity index is 1370. The van der Waals surface area contributed by atoms with Gasteiger partial charge in [0.15, 0.2) is 0 Å². The minimum absolute atomic E-state index is 0.0667. The van der Waals surface area contributed by atoms with E-state index in [1.54, 1.807) is 37.4 Å². The fraction of sp³-hybridized carbons (Fsp3) is 0.310. The van der Waals surface area contributed by atoms with E-state index in [4.69, 9.17) is 16.3 Å². The van der Waals surface area contributed by atoms with E-state index in [2.05, 4.69) is 5.32 Å². The van der Waals surface area contributed by atoms with Crippen LogP contribution in [0.1, 0.15) is 25.0 Å². The molecule has 1 atom stereocenters. The highest BCUT2D eigenvalue weighted by Crippen LogP contribution is 2.23. The monoisotopic (exact) mass is 571 g/mol. The molecular weight excluding hydrogens is 538 g/mol. The Morgan fingerprint density at radius 3 is 2.18 bits per heavy atom. The van der Waals surface area contributed by atoms with Crippen LogP contribution in [-0.4, -0.2) is 57.1 Å². The molecule has 0 aliphatic rings. The molecule has 3 aromatic rings. The number of amides is 2. The molecule has 0 saturated heterocycles. The van der Waals surface area contributed by atoms with Crippen molar-refractivity contribution in [2.45, 2.75) is 38.9 Å². The van der Waals surface area contributed by atoms with Gasteiger partial charge in [0.05, 0.1) is 19.1 Å². The number of ether oxygens (including phenoxy) is 1. The first-order valence-corrected chi connectivity index (χ1v) is 14.7. The number of anilines is 1. The lowest BCUT2D eigenvalue weighted by Crippen LogP contribution is -2.54. The van der Waals surface area contributed by atoms with Crippen LogP contribution in [0.5, 0.6) is 5.75 Å². The van der Waals surface area contributed by atoms with Crippen LogP contribution in [-0.2, 0) is 32.6 Å². The van der Waals surface area contributed by atoms with Crippen LogP contribution in [0.15, 0.2) is 78.9 Å². The molecule has 2 amide bonds. The van der Waals surface area contributed by atoms with Gasteiger partial charge in [-0.2, -0.15) is 0 Å². The van der Waals surface area contributed by atoms with E-state index in [0.717, 1.165) is 21.7 Å². The second kappa shape index (κ2) is 13.5. The van der Waals surface area contributed by atoms with E-state index in [9.17, 15) is 18.0 Å². The van der Waals surface area contributed by atoms with Crippen LogP contribution in [0.25, 0.3) is 0 Å². The molecule has 0 radical (unpaired) electrons. The maximum atomic E-state index is 14.0. The molecule has 39 heavy (non-hydrogen) atoms. The largest absolute Gasteiger partial charge is 0.497 e. The van der Waals surface area contributed by atoms with E-state index < -0.39 is 28.5 Å². The number of halogens is 1. The van der Waals surface area contributed by atoms with Gasteiger partial charge in [-0.3, -0.25) is 13.9 Å². The number of methoxy groups -OCH3 is 1. The molecule has 1 unspecified atom stereocenters. The summed E-state index contributed by atoms with van der Waals surface area (Å²) in [4.78, 5) is 29.0. The number of rotatable bonds is 12. The normalized spacial score (nSPS) is 12.1. The first-order chi connectivity index (χ1) is 18.5. The Hall–Kier alpha value is -3.56. The van der Waals surface area contributed by atoms with Gasteiger partial charge in [0, 0.05) is 24.0 Å². The van der Waals surface area contributed by atoms with Gasteiger partial charge in [-0.05, 0) is 61.4 Å². The maximum Gasteiger partial charge on any atom is 0.244 e. The zero-order valence-corrected chi connectivity index (χ0v) is 24.1. The van der Waals surface area contributed by atoms with Crippen molar-refractivity contribution in [3.05, 3.63) is 95.0 Å². The van der Waals surface area contributed by atoms with Gasteiger partial charge in [0.1, 0.15) is 18.3 Å². The molecule has 208 valence electrons. The average molecular weight is 572 g/mol. The zero-order chi connectivity index (χ0) is 28.6. The van der Waals surface area contributed by atoms with Crippen LogP contribution < -0.4 is 14.4 Å². The topological polar surface area (TPSA) is 96.0 Å². The average Bonchev–Trinajstić information content (AvgIpc) is 2.89. The van der Waals surface area contributed by atoms with Gasteiger partial charge in [0.25, 0.3) is 0 Å². The standard InChI is InChI=1S/C29H34ClN3O5S/c1-21(2)31-29(35)27(18-22-9-6-5-7-10-22)32(19-23-11-8-12-26(17-23)38-3)28(34)20-33(39(4,36)37)25-15-13-24(30)14-16-25/h5-17,21,27H,18-20H2,1-4H3,(H,31,35). The van der Waals surface area contributed by atoms with Crippen molar-refractivity contribution in [2.75, 3.05) is 24.2 Å². The summed E-state index contributed by atoms with van der Waals surface area (Å²) in [7, 11) is -2.30. The predicted molar refractivity (Wildman–Crippen MR) is 154 cm³/mol. The van der Waals surface area contributed by atoms with Crippen LogP contribution in [0.3, 0.4) is 0 Å².